The summed E-state index contributed by atoms with van der Waals surface area (Å²) in [5, 5.41) is 7.83. The first-order valence-electron chi connectivity index (χ1n) is 6.71. The van der Waals surface area contributed by atoms with Gasteiger partial charge in [0.2, 0.25) is 6.43 Å². The number of carbonyl (C=O) groups excluding carboxylic acids is 2. The number of hydrogen-bond acceptors (Lipinski definition) is 2. The van der Waals surface area contributed by atoms with Crippen LogP contribution in [-0.2, 0) is 0 Å². The van der Waals surface area contributed by atoms with Gasteiger partial charge in [0.15, 0.2) is 0 Å². The number of nitrogens with zero attached hydrogens (tertiary/aromatic N) is 1. The van der Waals surface area contributed by atoms with E-state index in [0.717, 1.165) is 0 Å². The minimum atomic E-state index is -2.35. The molecule has 1 rings (SSSR count). The second-order valence-electron chi connectivity index (χ2n) is 5.07. The van der Waals surface area contributed by atoms with Gasteiger partial charge in [0.1, 0.15) is 0 Å². The molecule has 1 aliphatic heterocycles. The molecule has 0 radical (unpaired) electrons. The van der Waals surface area contributed by atoms with E-state index in [4.69, 9.17) is 0 Å². The summed E-state index contributed by atoms with van der Waals surface area (Å²) >= 11 is 0. The zero-order chi connectivity index (χ0) is 15.1. The molecule has 116 valence electrons. The predicted octanol–water partition coefficient (Wildman–Crippen LogP) is 0.991. The van der Waals surface area contributed by atoms with Gasteiger partial charge in [-0.25, -0.2) is 18.4 Å². The Hall–Kier alpha value is -1.60. The summed E-state index contributed by atoms with van der Waals surface area (Å²) in [6.45, 7) is 2.88. The van der Waals surface area contributed by atoms with Crippen molar-refractivity contribution in [2.24, 2.45) is 5.92 Å². The van der Waals surface area contributed by atoms with Crippen molar-refractivity contribution in [3.63, 3.8) is 0 Å². The van der Waals surface area contributed by atoms with Crippen molar-refractivity contribution >= 4 is 12.1 Å². The van der Waals surface area contributed by atoms with E-state index in [1.54, 1.807) is 11.8 Å². The van der Waals surface area contributed by atoms with Crippen molar-refractivity contribution in [2.45, 2.75) is 32.2 Å². The van der Waals surface area contributed by atoms with Crippen LogP contribution < -0.4 is 16.0 Å². The average molecular weight is 292 g/mol. The van der Waals surface area contributed by atoms with E-state index in [-0.39, 0.29) is 37.0 Å². The van der Waals surface area contributed by atoms with E-state index in [9.17, 15) is 18.4 Å². The van der Waals surface area contributed by atoms with Crippen LogP contribution in [0.4, 0.5) is 18.4 Å². The number of halogens is 2. The quantitative estimate of drug-likeness (QED) is 0.707. The number of nitrogens with one attached hydrogen (secondary N) is 3. The van der Waals surface area contributed by atoms with Crippen molar-refractivity contribution in [2.75, 3.05) is 26.7 Å². The Balaban J connectivity index is 2.26. The minimum Gasteiger partial charge on any atom is -0.341 e. The van der Waals surface area contributed by atoms with Crippen LogP contribution in [0.15, 0.2) is 0 Å². The molecular weight excluding hydrogens is 270 g/mol. The molecule has 0 aromatic carbocycles. The lowest BCUT2D eigenvalue weighted by Crippen LogP contribution is -2.45. The second-order valence-corrected chi connectivity index (χ2v) is 5.07. The Morgan fingerprint density at radius 1 is 1.40 bits per heavy atom. The highest BCUT2D eigenvalue weighted by molar-refractivity contribution is 5.76. The van der Waals surface area contributed by atoms with E-state index in [2.05, 4.69) is 16.0 Å². The molecule has 3 N–H and O–H groups in total. The molecule has 2 atom stereocenters. The topological polar surface area (TPSA) is 73.5 Å². The Morgan fingerprint density at radius 2 is 2.10 bits per heavy atom. The van der Waals surface area contributed by atoms with Gasteiger partial charge in [-0.15, -0.1) is 0 Å². The molecule has 4 amide bonds. The van der Waals surface area contributed by atoms with E-state index in [1.165, 1.54) is 7.05 Å². The molecule has 2 unspecified atom stereocenters. The summed E-state index contributed by atoms with van der Waals surface area (Å²) in [4.78, 5) is 24.6. The average Bonchev–Trinajstić information content (AvgIpc) is 2.83. The third kappa shape index (κ3) is 5.58. The van der Waals surface area contributed by atoms with Crippen LogP contribution in [0.25, 0.3) is 0 Å². The first-order valence-corrected chi connectivity index (χ1v) is 6.71. The van der Waals surface area contributed by atoms with Gasteiger partial charge in [-0.2, -0.15) is 0 Å². The van der Waals surface area contributed by atoms with E-state index < -0.39 is 6.43 Å². The molecule has 1 fully saturated rings. The van der Waals surface area contributed by atoms with E-state index in [0.29, 0.717) is 19.5 Å². The molecule has 0 bridgehead atoms. The Labute approximate surface area is 117 Å². The van der Waals surface area contributed by atoms with Crippen LogP contribution in [0.1, 0.15) is 19.8 Å². The SMILES string of the molecule is CNC(=O)NC1CCN(C(=O)NCC(C)CC(F)F)C1. The zero-order valence-electron chi connectivity index (χ0n) is 11.8. The van der Waals surface area contributed by atoms with Crippen LogP contribution in [0.2, 0.25) is 0 Å². The molecule has 8 heteroatoms. The lowest BCUT2D eigenvalue weighted by molar-refractivity contribution is 0.117. The highest BCUT2D eigenvalue weighted by atomic mass is 19.3. The largest absolute Gasteiger partial charge is 0.341 e. The van der Waals surface area contributed by atoms with Gasteiger partial charge in [-0.1, -0.05) is 6.92 Å². The maximum absolute atomic E-state index is 12.1. The van der Waals surface area contributed by atoms with Gasteiger partial charge in [-0.05, 0) is 12.3 Å². The van der Waals surface area contributed by atoms with Crippen molar-refractivity contribution in [3.8, 4) is 0 Å². The number of carbonyl (C=O) groups is 2. The van der Waals surface area contributed by atoms with Gasteiger partial charge in [-0.3, -0.25) is 0 Å². The van der Waals surface area contributed by atoms with E-state index in [1.807, 2.05) is 0 Å². The summed E-state index contributed by atoms with van der Waals surface area (Å²) in [7, 11) is 1.53. The summed E-state index contributed by atoms with van der Waals surface area (Å²) in [6.07, 6.45) is -1.89. The summed E-state index contributed by atoms with van der Waals surface area (Å²) in [6, 6.07) is -0.616. The number of amides is 4. The van der Waals surface area contributed by atoms with Crippen molar-refractivity contribution in [3.05, 3.63) is 0 Å². The molecule has 20 heavy (non-hydrogen) atoms. The third-order valence-electron chi connectivity index (χ3n) is 3.22. The highest BCUT2D eigenvalue weighted by Crippen LogP contribution is 2.11. The highest BCUT2D eigenvalue weighted by Gasteiger charge is 2.27. The number of urea groups is 2. The lowest BCUT2D eigenvalue weighted by Gasteiger charge is -2.19. The fraction of sp³-hybridized carbons (Fsp3) is 0.833. The molecule has 0 spiro atoms. The zero-order valence-corrected chi connectivity index (χ0v) is 11.8. The molecule has 0 saturated carbocycles. The Bertz CT molecular complexity index is 341. The summed E-state index contributed by atoms with van der Waals surface area (Å²) in [5.41, 5.74) is 0. The molecule has 6 nitrogen and oxygen atoms in total. The lowest BCUT2D eigenvalue weighted by atomic mass is 10.1. The molecule has 1 saturated heterocycles. The van der Waals surface area contributed by atoms with Crippen LogP contribution >= 0.6 is 0 Å². The predicted molar refractivity (Wildman–Crippen MR) is 70.8 cm³/mol. The maximum Gasteiger partial charge on any atom is 0.317 e. The van der Waals surface area contributed by atoms with Gasteiger partial charge < -0.3 is 20.9 Å². The van der Waals surface area contributed by atoms with Crippen LogP contribution in [0, 0.1) is 5.92 Å². The summed E-state index contributed by atoms with van der Waals surface area (Å²) < 4.78 is 24.3. The molecule has 0 aliphatic carbocycles. The van der Waals surface area contributed by atoms with Gasteiger partial charge in [0.05, 0.1) is 0 Å². The fourth-order valence-corrected chi connectivity index (χ4v) is 2.08. The van der Waals surface area contributed by atoms with Crippen LogP contribution in [-0.4, -0.2) is 56.1 Å². The fourth-order valence-electron chi connectivity index (χ4n) is 2.08. The molecule has 0 aromatic heterocycles. The third-order valence-corrected chi connectivity index (χ3v) is 3.22. The molecular formula is C12H22F2N4O2. The second kappa shape index (κ2) is 7.86. The number of hydrogen-bond donors (Lipinski definition) is 3. The first-order chi connectivity index (χ1) is 9.42. The molecule has 1 aliphatic rings. The van der Waals surface area contributed by atoms with Gasteiger partial charge >= 0.3 is 12.1 Å². The molecule has 0 aromatic rings. The Kier molecular flexibility index (Phi) is 6.47. The Morgan fingerprint density at radius 3 is 2.70 bits per heavy atom. The number of rotatable bonds is 5. The first kappa shape index (κ1) is 16.5. The van der Waals surface area contributed by atoms with Crippen molar-refractivity contribution in [1.82, 2.24) is 20.9 Å². The minimum absolute atomic E-state index is 0.0702. The summed E-state index contributed by atoms with van der Waals surface area (Å²) in [5.74, 6) is -0.263. The smallest absolute Gasteiger partial charge is 0.317 e. The van der Waals surface area contributed by atoms with Crippen LogP contribution in [0.5, 0.6) is 0 Å². The number of alkyl halides is 2. The van der Waals surface area contributed by atoms with Gasteiger partial charge in [0.25, 0.3) is 0 Å². The van der Waals surface area contributed by atoms with E-state index >= 15 is 0 Å². The van der Waals surface area contributed by atoms with Crippen molar-refractivity contribution in [1.29, 1.82) is 0 Å². The number of likely N-dealkylation sites (tertiary alicyclic amines) is 1. The standard InChI is InChI=1S/C12H22F2N4O2/c1-8(5-10(13)14)6-16-12(20)18-4-3-9(7-18)17-11(19)15-2/h8-10H,3-7H2,1-2H3,(H,16,20)(H2,15,17,19). The maximum atomic E-state index is 12.1. The van der Waals surface area contributed by atoms with Gasteiger partial charge in [0, 0.05) is 39.1 Å². The molecule has 1 heterocycles. The van der Waals surface area contributed by atoms with Crippen molar-refractivity contribution < 1.29 is 18.4 Å². The monoisotopic (exact) mass is 292 g/mol. The van der Waals surface area contributed by atoms with Crippen LogP contribution in [0.3, 0.4) is 0 Å². The normalized spacial score (nSPS) is 19.9.